The molecule has 0 radical (unpaired) electrons. The first kappa shape index (κ1) is 9.59. The fourth-order valence-electron chi connectivity index (χ4n) is 0.489. The van der Waals surface area contributed by atoms with Crippen LogP contribution in [0.15, 0.2) is 0 Å². The van der Waals surface area contributed by atoms with E-state index < -0.39 is 5.79 Å². The molecule has 3 heteroatoms. The number of rotatable bonds is 5. The van der Waals surface area contributed by atoms with Gasteiger partial charge in [0.05, 0.1) is 6.61 Å². The molecule has 10 heavy (non-hydrogen) atoms. The predicted octanol–water partition coefficient (Wildman–Crippen LogP) is 0.710. The average molecular weight is 146 g/mol. The summed E-state index contributed by atoms with van der Waals surface area (Å²) in [4.78, 5) is 9.81. The van der Waals surface area contributed by atoms with E-state index in [1.165, 1.54) is 0 Å². The summed E-state index contributed by atoms with van der Waals surface area (Å²) in [7, 11) is 0. The molecule has 0 aliphatic rings. The van der Waals surface area contributed by atoms with Crippen molar-refractivity contribution in [2.45, 2.75) is 32.5 Å². The van der Waals surface area contributed by atoms with E-state index in [1.807, 2.05) is 0 Å². The molecule has 0 bridgehead atoms. The van der Waals surface area contributed by atoms with Crippen molar-refractivity contribution in [2.75, 3.05) is 6.61 Å². The number of hydrogen-bond donors (Lipinski definition) is 1. The van der Waals surface area contributed by atoms with E-state index in [9.17, 15) is 4.79 Å². The summed E-state index contributed by atoms with van der Waals surface area (Å²) in [6.07, 6.45) is 2.01. The lowest BCUT2D eigenvalue weighted by atomic mass is 10.3. The topological polar surface area (TPSA) is 46.5 Å². The number of ether oxygens (including phenoxy) is 1. The average Bonchev–Trinajstić information content (AvgIpc) is 1.78. The number of aliphatic hydroxyl groups is 1. The van der Waals surface area contributed by atoms with Crippen LogP contribution in [0.1, 0.15) is 26.7 Å². The van der Waals surface area contributed by atoms with Crippen molar-refractivity contribution < 1.29 is 14.6 Å². The second-order valence-corrected chi connectivity index (χ2v) is 2.60. The van der Waals surface area contributed by atoms with Crippen LogP contribution < -0.4 is 0 Å². The number of aldehydes is 1. The van der Waals surface area contributed by atoms with Crippen LogP contribution in [0.2, 0.25) is 0 Å². The lowest BCUT2D eigenvalue weighted by Gasteiger charge is -2.17. The van der Waals surface area contributed by atoms with Crippen LogP contribution in [0.5, 0.6) is 0 Å². The largest absolute Gasteiger partial charge is 0.366 e. The number of hydrogen-bond acceptors (Lipinski definition) is 3. The van der Waals surface area contributed by atoms with Crippen molar-refractivity contribution in [3.63, 3.8) is 0 Å². The van der Waals surface area contributed by atoms with Gasteiger partial charge in [-0.1, -0.05) is 0 Å². The molecule has 0 aromatic carbocycles. The molecule has 0 aliphatic heterocycles. The Labute approximate surface area is 61.0 Å². The molecule has 0 saturated heterocycles. The highest BCUT2D eigenvalue weighted by atomic mass is 16.6. The van der Waals surface area contributed by atoms with Gasteiger partial charge in [-0.15, -0.1) is 0 Å². The van der Waals surface area contributed by atoms with E-state index in [-0.39, 0.29) is 0 Å². The maximum Gasteiger partial charge on any atom is 0.159 e. The molecular formula is C7H14O3. The normalized spacial score (nSPS) is 11.5. The SMILES string of the molecule is CC(C)(O)OCCCC=O. The Bertz CT molecular complexity index is 93.5. The Balaban J connectivity index is 3.12. The standard InChI is InChI=1S/C7H14O3/c1-7(2,9)10-6-4-3-5-8/h5,9H,3-4,6H2,1-2H3. The summed E-state index contributed by atoms with van der Waals surface area (Å²) in [5.41, 5.74) is 0. The molecule has 3 nitrogen and oxygen atoms in total. The van der Waals surface area contributed by atoms with Gasteiger partial charge in [-0.2, -0.15) is 0 Å². The van der Waals surface area contributed by atoms with Gasteiger partial charge in [0, 0.05) is 6.42 Å². The van der Waals surface area contributed by atoms with E-state index in [1.54, 1.807) is 13.8 Å². The molecule has 1 N–H and O–H groups in total. The lowest BCUT2D eigenvalue weighted by Crippen LogP contribution is -2.23. The Hall–Kier alpha value is -0.410. The zero-order valence-corrected chi connectivity index (χ0v) is 6.46. The van der Waals surface area contributed by atoms with Crippen LogP contribution in [0.3, 0.4) is 0 Å². The summed E-state index contributed by atoms with van der Waals surface area (Å²) >= 11 is 0. The minimum absolute atomic E-state index is 0.433. The van der Waals surface area contributed by atoms with E-state index in [4.69, 9.17) is 9.84 Å². The van der Waals surface area contributed by atoms with Gasteiger partial charge in [-0.05, 0) is 20.3 Å². The lowest BCUT2D eigenvalue weighted by molar-refractivity contribution is -0.176. The van der Waals surface area contributed by atoms with Crippen LogP contribution in [0.4, 0.5) is 0 Å². The zero-order valence-electron chi connectivity index (χ0n) is 6.46. The summed E-state index contributed by atoms with van der Waals surface area (Å²) in [5.74, 6) is -1.07. The summed E-state index contributed by atoms with van der Waals surface area (Å²) in [5, 5.41) is 9.01. The third-order valence-corrected chi connectivity index (χ3v) is 0.922. The molecule has 60 valence electrons. The quantitative estimate of drug-likeness (QED) is 0.353. The number of carbonyl (C=O) groups is 1. The highest BCUT2D eigenvalue weighted by molar-refractivity contribution is 5.48. The Kier molecular flexibility index (Phi) is 4.23. The van der Waals surface area contributed by atoms with Crippen LogP contribution in [0, 0.1) is 0 Å². The first-order valence-corrected chi connectivity index (χ1v) is 3.36. The fourth-order valence-corrected chi connectivity index (χ4v) is 0.489. The molecule has 0 amide bonds. The van der Waals surface area contributed by atoms with E-state index in [2.05, 4.69) is 0 Å². The maximum atomic E-state index is 9.81. The minimum atomic E-state index is -1.07. The molecule has 0 aromatic heterocycles. The summed E-state index contributed by atoms with van der Waals surface area (Å²) in [6.45, 7) is 3.56. The summed E-state index contributed by atoms with van der Waals surface area (Å²) in [6, 6.07) is 0. The Morgan fingerprint density at radius 1 is 1.60 bits per heavy atom. The molecule has 0 unspecified atom stereocenters. The number of carbonyl (C=O) groups excluding carboxylic acids is 1. The minimum Gasteiger partial charge on any atom is -0.366 e. The van der Waals surface area contributed by atoms with Crippen molar-refractivity contribution in [1.82, 2.24) is 0 Å². The third kappa shape index (κ3) is 7.59. The molecule has 0 spiro atoms. The van der Waals surface area contributed by atoms with Gasteiger partial charge in [-0.3, -0.25) is 0 Å². The third-order valence-electron chi connectivity index (χ3n) is 0.922. The smallest absolute Gasteiger partial charge is 0.159 e. The van der Waals surface area contributed by atoms with Crippen molar-refractivity contribution >= 4 is 6.29 Å². The maximum absolute atomic E-state index is 9.81. The van der Waals surface area contributed by atoms with Crippen LogP contribution >= 0.6 is 0 Å². The highest BCUT2D eigenvalue weighted by Crippen LogP contribution is 2.03. The van der Waals surface area contributed by atoms with Gasteiger partial charge in [0.25, 0.3) is 0 Å². The first-order valence-electron chi connectivity index (χ1n) is 3.36. The van der Waals surface area contributed by atoms with Crippen LogP contribution in [-0.2, 0) is 9.53 Å². The molecule has 0 aliphatic carbocycles. The monoisotopic (exact) mass is 146 g/mol. The van der Waals surface area contributed by atoms with Crippen LogP contribution in [0.25, 0.3) is 0 Å². The van der Waals surface area contributed by atoms with Gasteiger partial charge >= 0.3 is 0 Å². The van der Waals surface area contributed by atoms with Crippen molar-refractivity contribution in [1.29, 1.82) is 0 Å². The predicted molar refractivity (Wildman–Crippen MR) is 37.5 cm³/mol. The highest BCUT2D eigenvalue weighted by Gasteiger charge is 2.10. The molecular weight excluding hydrogens is 132 g/mol. The Morgan fingerprint density at radius 2 is 2.20 bits per heavy atom. The van der Waals surface area contributed by atoms with Crippen molar-refractivity contribution in [2.24, 2.45) is 0 Å². The van der Waals surface area contributed by atoms with Gasteiger partial charge in [0.2, 0.25) is 0 Å². The van der Waals surface area contributed by atoms with E-state index in [0.717, 1.165) is 6.29 Å². The second-order valence-electron chi connectivity index (χ2n) is 2.60. The molecule has 0 fully saturated rings. The first-order chi connectivity index (χ1) is 4.56. The van der Waals surface area contributed by atoms with Crippen molar-refractivity contribution in [3.05, 3.63) is 0 Å². The molecule has 0 aromatic rings. The van der Waals surface area contributed by atoms with Gasteiger partial charge < -0.3 is 14.6 Å². The molecule has 0 atom stereocenters. The van der Waals surface area contributed by atoms with E-state index >= 15 is 0 Å². The second kappa shape index (κ2) is 4.41. The zero-order chi connectivity index (χ0) is 8.04. The molecule has 0 saturated carbocycles. The van der Waals surface area contributed by atoms with Gasteiger partial charge in [0.1, 0.15) is 6.29 Å². The van der Waals surface area contributed by atoms with Gasteiger partial charge in [0.15, 0.2) is 5.79 Å². The Morgan fingerprint density at radius 3 is 2.60 bits per heavy atom. The molecule has 0 rings (SSSR count). The van der Waals surface area contributed by atoms with Crippen LogP contribution in [-0.4, -0.2) is 23.8 Å². The summed E-state index contributed by atoms with van der Waals surface area (Å²) < 4.78 is 4.93. The van der Waals surface area contributed by atoms with Crippen molar-refractivity contribution in [3.8, 4) is 0 Å². The number of unbranched alkanes of at least 4 members (excludes halogenated alkanes) is 1. The van der Waals surface area contributed by atoms with E-state index in [0.29, 0.717) is 19.4 Å². The van der Waals surface area contributed by atoms with Gasteiger partial charge in [-0.25, -0.2) is 0 Å². The molecule has 0 heterocycles. The fraction of sp³-hybridized carbons (Fsp3) is 0.857.